The number of ketones is 1. The van der Waals surface area contributed by atoms with Crippen LogP contribution in [0.1, 0.15) is 17.2 Å². The van der Waals surface area contributed by atoms with Crippen molar-refractivity contribution in [1.82, 2.24) is 0 Å². The fourth-order valence-electron chi connectivity index (χ4n) is 3.93. The average Bonchev–Trinajstić information content (AvgIpc) is 3.14. The third-order valence-electron chi connectivity index (χ3n) is 5.57. The van der Waals surface area contributed by atoms with Crippen LogP contribution in [-0.4, -0.2) is 38.1 Å². The van der Waals surface area contributed by atoms with E-state index < -0.39 is 17.7 Å². The zero-order valence-corrected chi connectivity index (χ0v) is 18.4. The van der Waals surface area contributed by atoms with Gasteiger partial charge in [-0.3, -0.25) is 14.5 Å². The van der Waals surface area contributed by atoms with Gasteiger partial charge in [-0.2, -0.15) is 0 Å². The van der Waals surface area contributed by atoms with E-state index in [1.807, 2.05) is 6.07 Å². The molecule has 1 aliphatic heterocycles. The minimum Gasteiger partial charge on any atom is -0.507 e. The Morgan fingerprint density at radius 2 is 1.45 bits per heavy atom. The monoisotopic (exact) mass is 445 g/mol. The van der Waals surface area contributed by atoms with Crippen LogP contribution >= 0.6 is 0 Å². The smallest absolute Gasteiger partial charge is 0.300 e. The van der Waals surface area contributed by atoms with Crippen molar-refractivity contribution < 1.29 is 28.9 Å². The summed E-state index contributed by atoms with van der Waals surface area (Å²) in [5.41, 5.74) is 1.39. The van der Waals surface area contributed by atoms with Gasteiger partial charge in [0.25, 0.3) is 11.7 Å². The van der Waals surface area contributed by atoms with E-state index in [1.54, 1.807) is 73.8 Å². The van der Waals surface area contributed by atoms with Gasteiger partial charge in [0, 0.05) is 5.69 Å². The summed E-state index contributed by atoms with van der Waals surface area (Å²) in [4.78, 5) is 27.8. The zero-order valence-electron chi connectivity index (χ0n) is 18.4. The molecule has 33 heavy (non-hydrogen) atoms. The Balaban J connectivity index is 1.97. The Morgan fingerprint density at radius 1 is 0.818 bits per heavy atom. The van der Waals surface area contributed by atoms with Crippen LogP contribution in [0.4, 0.5) is 5.69 Å². The van der Waals surface area contributed by atoms with Gasteiger partial charge in [0.2, 0.25) is 0 Å². The second kappa shape index (κ2) is 9.08. The van der Waals surface area contributed by atoms with Crippen LogP contribution in [-0.2, 0) is 9.59 Å². The maximum Gasteiger partial charge on any atom is 0.300 e. The highest BCUT2D eigenvalue weighted by Crippen LogP contribution is 2.43. The predicted molar refractivity (Wildman–Crippen MR) is 124 cm³/mol. The SMILES string of the molecule is COc1ccc(C2/C(=C(\O)c3cc(OC)ccc3OC)C(=O)C(=O)N2c2ccccc2)cc1. The quantitative estimate of drug-likeness (QED) is 0.345. The highest BCUT2D eigenvalue weighted by Gasteiger charge is 2.47. The zero-order chi connectivity index (χ0) is 23.5. The van der Waals surface area contributed by atoms with Gasteiger partial charge < -0.3 is 19.3 Å². The Bertz CT molecular complexity index is 1220. The molecule has 4 rings (SSSR count). The number of nitrogens with zero attached hydrogens (tertiary/aromatic N) is 1. The fourth-order valence-corrected chi connectivity index (χ4v) is 3.93. The lowest BCUT2D eigenvalue weighted by atomic mass is 9.94. The molecule has 1 aliphatic rings. The normalized spacial score (nSPS) is 17.2. The molecule has 1 saturated heterocycles. The molecule has 1 N–H and O–H groups in total. The summed E-state index contributed by atoms with van der Waals surface area (Å²) in [5.74, 6) is -0.427. The van der Waals surface area contributed by atoms with E-state index in [-0.39, 0.29) is 16.9 Å². The highest BCUT2D eigenvalue weighted by molar-refractivity contribution is 6.51. The lowest BCUT2D eigenvalue weighted by Crippen LogP contribution is -2.29. The molecule has 3 aromatic carbocycles. The molecular formula is C26H23NO6. The number of aliphatic hydroxyl groups is 1. The number of carbonyl (C=O) groups excluding carboxylic acids is 2. The van der Waals surface area contributed by atoms with Gasteiger partial charge in [-0.15, -0.1) is 0 Å². The molecule has 0 bridgehead atoms. The molecule has 3 aromatic rings. The molecule has 0 aromatic heterocycles. The standard InChI is InChI=1S/C26H23NO6/c1-31-18-11-9-16(10-12-18)23-22(24(28)20-15-19(32-2)13-14-21(20)33-3)25(29)26(30)27(23)17-7-5-4-6-8-17/h4-15,23,28H,1-3H3/b24-22+. The molecule has 0 radical (unpaired) electrons. The number of Topliss-reactive ketones (excluding diaryl/α,β-unsaturated/α-hetero) is 1. The first-order chi connectivity index (χ1) is 16.0. The van der Waals surface area contributed by atoms with Crippen LogP contribution in [0, 0.1) is 0 Å². The van der Waals surface area contributed by atoms with Gasteiger partial charge in [0.15, 0.2) is 0 Å². The van der Waals surface area contributed by atoms with Gasteiger partial charge >= 0.3 is 0 Å². The lowest BCUT2D eigenvalue weighted by Gasteiger charge is -2.25. The third kappa shape index (κ3) is 3.89. The number of aliphatic hydroxyl groups excluding tert-OH is 1. The highest BCUT2D eigenvalue weighted by atomic mass is 16.5. The number of benzene rings is 3. The molecule has 7 heteroatoms. The molecule has 1 unspecified atom stereocenters. The average molecular weight is 445 g/mol. The van der Waals surface area contributed by atoms with E-state index >= 15 is 0 Å². The second-order valence-corrected chi connectivity index (χ2v) is 7.34. The summed E-state index contributed by atoms with van der Waals surface area (Å²) in [6.45, 7) is 0. The van der Waals surface area contributed by atoms with E-state index in [0.717, 1.165) is 0 Å². The molecule has 1 amide bonds. The minimum atomic E-state index is -0.853. The number of hydrogen-bond donors (Lipinski definition) is 1. The van der Waals surface area contributed by atoms with Crippen LogP contribution in [0.2, 0.25) is 0 Å². The summed E-state index contributed by atoms with van der Waals surface area (Å²) in [6, 6.07) is 19.9. The third-order valence-corrected chi connectivity index (χ3v) is 5.57. The Kier molecular flexibility index (Phi) is 6.04. The van der Waals surface area contributed by atoms with E-state index in [0.29, 0.717) is 28.5 Å². The van der Waals surface area contributed by atoms with Crippen LogP contribution in [0.25, 0.3) is 5.76 Å². The number of methoxy groups -OCH3 is 3. The first kappa shape index (κ1) is 22.0. The van der Waals surface area contributed by atoms with Crippen LogP contribution in [0.15, 0.2) is 78.4 Å². The van der Waals surface area contributed by atoms with Crippen LogP contribution in [0.3, 0.4) is 0 Å². The Morgan fingerprint density at radius 3 is 2.06 bits per heavy atom. The van der Waals surface area contributed by atoms with E-state index in [1.165, 1.54) is 19.1 Å². The van der Waals surface area contributed by atoms with E-state index in [2.05, 4.69) is 0 Å². The summed E-state index contributed by atoms with van der Waals surface area (Å²) in [6.07, 6.45) is 0. The molecule has 7 nitrogen and oxygen atoms in total. The van der Waals surface area contributed by atoms with Crippen molar-refractivity contribution >= 4 is 23.1 Å². The van der Waals surface area contributed by atoms with Crippen LogP contribution in [0.5, 0.6) is 17.2 Å². The van der Waals surface area contributed by atoms with Crippen molar-refractivity contribution in [3.8, 4) is 17.2 Å². The lowest BCUT2D eigenvalue weighted by molar-refractivity contribution is -0.132. The first-order valence-electron chi connectivity index (χ1n) is 10.2. The maximum absolute atomic E-state index is 13.3. The number of carbonyl (C=O) groups is 2. The molecule has 0 spiro atoms. The van der Waals surface area contributed by atoms with E-state index in [4.69, 9.17) is 14.2 Å². The Labute approximate surface area is 191 Å². The largest absolute Gasteiger partial charge is 0.507 e. The van der Waals surface area contributed by atoms with E-state index in [9.17, 15) is 14.7 Å². The molecule has 1 atom stereocenters. The topological polar surface area (TPSA) is 85.3 Å². The summed E-state index contributed by atoms with van der Waals surface area (Å²) in [5, 5.41) is 11.4. The fraction of sp³-hybridized carbons (Fsp3) is 0.154. The van der Waals surface area contributed by atoms with Gasteiger partial charge in [0.05, 0.1) is 38.5 Å². The minimum absolute atomic E-state index is 0.0411. The summed E-state index contributed by atoms with van der Waals surface area (Å²) >= 11 is 0. The van der Waals surface area contributed by atoms with Gasteiger partial charge in [-0.1, -0.05) is 30.3 Å². The first-order valence-corrected chi connectivity index (χ1v) is 10.2. The number of para-hydroxylation sites is 1. The van der Waals surface area contributed by atoms with Crippen molar-refractivity contribution in [2.75, 3.05) is 26.2 Å². The molecular weight excluding hydrogens is 422 g/mol. The number of anilines is 1. The molecule has 1 fully saturated rings. The number of hydrogen-bond acceptors (Lipinski definition) is 6. The molecule has 1 heterocycles. The molecule has 0 saturated carbocycles. The molecule has 168 valence electrons. The van der Waals surface area contributed by atoms with Crippen molar-refractivity contribution in [3.05, 3.63) is 89.5 Å². The Hall–Kier alpha value is -4.26. The van der Waals surface area contributed by atoms with Crippen molar-refractivity contribution in [2.24, 2.45) is 0 Å². The van der Waals surface area contributed by atoms with Crippen molar-refractivity contribution in [3.63, 3.8) is 0 Å². The summed E-state index contributed by atoms with van der Waals surface area (Å²) in [7, 11) is 4.51. The van der Waals surface area contributed by atoms with Gasteiger partial charge in [-0.25, -0.2) is 0 Å². The molecule has 0 aliphatic carbocycles. The van der Waals surface area contributed by atoms with Gasteiger partial charge in [0.1, 0.15) is 23.0 Å². The predicted octanol–water partition coefficient (Wildman–Crippen LogP) is 4.34. The second-order valence-electron chi connectivity index (χ2n) is 7.34. The number of ether oxygens (including phenoxy) is 3. The maximum atomic E-state index is 13.3. The van der Waals surface area contributed by atoms with Crippen LogP contribution < -0.4 is 19.1 Å². The number of amides is 1. The van der Waals surface area contributed by atoms with Crippen molar-refractivity contribution in [2.45, 2.75) is 6.04 Å². The summed E-state index contributed by atoms with van der Waals surface area (Å²) < 4.78 is 15.9. The van der Waals surface area contributed by atoms with Gasteiger partial charge in [-0.05, 0) is 48.0 Å². The van der Waals surface area contributed by atoms with Crippen molar-refractivity contribution in [1.29, 1.82) is 0 Å². The number of rotatable bonds is 6.